The highest BCUT2D eigenvalue weighted by atomic mass is 16.5. The summed E-state index contributed by atoms with van der Waals surface area (Å²) in [5, 5.41) is 6.16. The molecule has 1 aliphatic carbocycles. The van der Waals surface area contributed by atoms with Gasteiger partial charge in [-0.2, -0.15) is 5.10 Å². The van der Waals surface area contributed by atoms with E-state index in [4.69, 9.17) is 18.7 Å². The molecule has 3 heterocycles. The molecule has 1 amide bonds. The molecule has 5 rings (SSSR count). The van der Waals surface area contributed by atoms with E-state index in [0.29, 0.717) is 11.3 Å². The standard InChI is InChI=1S/C27H26N2O5/c1-17-10-11-18(2)22(14-17)27(31)34-16-24(30)29-26(23-9-5-13-33-23)21-8-3-6-19(25(21)28-29)15-20-7-4-12-32-20/h4-5,7,9-15,21,26H,3,6,8,16H2,1-2H3. The summed E-state index contributed by atoms with van der Waals surface area (Å²) in [4.78, 5) is 25.9. The number of nitrogens with zero attached hydrogens (tertiary/aromatic N) is 2. The fourth-order valence-electron chi connectivity index (χ4n) is 4.72. The molecule has 2 unspecified atom stereocenters. The van der Waals surface area contributed by atoms with Gasteiger partial charge >= 0.3 is 5.97 Å². The van der Waals surface area contributed by atoms with Gasteiger partial charge in [-0.3, -0.25) is 4.79 Å². The summed E-state index contributed by atoms with van der Waals surface area (Å²) in [5.74, 6) is 0.503. The highest BCUT2D eigenvalue weighted by Crippen LogP contribution is 2.44. The first kappa shape index (κ1) is 21.9. The molecule has 2 atom stereocenters. The Labute approximate surface area is 197 Å². The molecular formula is C27H26N2O5. The normalized spacial score (nSPS) is 20.8. The summed E-state index contributed by atoms with van der Waals surface area (Å²) in [7, 11) is 0. The lowest BCUT2D eigenvalue weighted by atomic mass is 9.79. The Morgan fingerprint density at radius 1 is 1.15 bits per heavy atom. The first-order valence-corrected chi connectivity index (χ1v) is 11.4. The largest absolute Gasteiger partial charge is 0.467 e. The zero-order valence-corrected chi connectivity index (χ0v) is 19.2. The summed E-state index contributed by atoms with van der Waals surface area (Å²) < 4.78 is 16.6. The number of carbonyl (C=O) groups is 2. The topological polar surface area (TPSA) is 85.3 Å². The van der Waals surface area contributed by atoms with Crippen LogP contribution in [-0.4, -0.2) is 29.2 Å². The van der Waals surface area contributed by atoms with Crippen molar-refractivity contribution in [3.63, 3.8) is 0 Å². The van der Waals surface area contributed by atoms with E-state index in [1.807, 2.05) is 50.3 Å². The van der Waals surface area contributed by atoms with Gasteiger partial charge < -0.3 is 13.6 Å². The van der Waals surface area contributed by atoms with E-state index in [2.05, 4.69) is 0 Å². The van der Waals surface area contributed by atoms with Crippen molar-refractivity contribution in [2.24, 2.45) is 11.0 Å². The Kier molecular flexibility index (Phi) is 5.92. The fourth-order valence-corrected chi connectivity index (χ4v) is 4.72. The van der Waals surface area contributed by atoms with Crippen LogP contribution in [0.4, 0.5) is 0 Å². The van der Waals surface area contributed by atoms with E-state index in [1.165, 1.54) is 5.01 Å². The summed E-state index contributed by atoms with van der Waals surface area (Å²) in [6, 6.07) is 12.6. The van der Waals surface area contributed by atoms with Crippen LogP contribution in [0.25, 0.3) is 6.08 Å². The molecule has 3 aromatic rings. The molecule has 1 saturated carbocycles. The van der Waals surface area contributed by atoms with Crippen LogP contribution in [0.3, 0.4) is 0 Å². The predicted molar refractivity (Wildman–Crippen MR) is 126 cm³/mol. The van der Waals surface area contributed by atoms with Gasteiger partial charge in [-0.25, -0.2) is 9.80 Å². The van der Waals surface area contributed by atoms with Crippen LogP contribution < -0.4 is 0 Å². The third-order valence-corrected chi connectivity index (χ3v) is 6.39. The smallest absolute Gasteiger partial charge is 0.338 e. The van der Waals surface area contributed by atoms with Gasteiger partial charge in [-0.05, 0) is 80.7 Å². The Morgan fingerprint density at radius 3 is 2.74 bits per heavy atom. The van der Waals surface area contributed by atoms with Gasteiger partial charge in [-0.1, -0.05) is 17.7 Å². The summed E-state index contributed by atoms with van der Waals surface area (Å²) >= 11 is 0. The van der Waals surface area contributed by atoms with Crippen molar-refractivity contribution in [1.82, 2.24) is 5.01 Å². The number of furan rings is 2. The third-order valence-electron chi connectivity index (χ3n) is 6.39. The van der Waals surface area contributed by atoms with Crippen LogP contribution in [0.5, 0.6) is 0 Å². The number of rotatable bonds is 5. The number of ether oxygens (including phenoxy) is 1. The zero-order valence-electron chi connectivity index (χ0n) is 19.2. The van der Waals surface area contributed by atoms with E-state index in [9.17, 15) is 9.59 Å². The lowest BCUT2D eigenvalue weighted by Crippen LogP contribution is -2.34. The second-order valence-corrected chi connectivity index (χ2v) is 8.76. The molecule has 7 heteroatoms. The minimum Gasteiger partial charge on any atom is -0.467 e. The minimum absolute atomic E-state index is 0.000203. The van der Waals surface area contributed by atoms with E-state index in [-0.39, 0.29) is 17.9 Å². The lowest BCUT2D eigenvalue weighted by molar-refractivity contribution is -0.137. The van der Waals surface area contributed by atoms with Crippen molar-refractivity contribution in [3.05, 3.63) is 88.8 Å². The number of hydrogen-bond acceptors (Lipinski definition) is 6. The van der Waals surface area contributed by atoms with E-state index >= 15 is 0 Å². The van der Waals surface area contributed by atoms with Crippen molar-refractivity contribution < 1.29 is 23.2 Å². The van der Waals surface area contributed by atoms with Crippen molar-refractivity contribution in [3.8, 4) is 0 Å². The number of aryl methyl sites for hydroxylation is 2. The minimum atomic E-state index is -0.522. The van der Waals surface area contributed by atoms with Gasteiger partial charge in [-0.15, -0.1) is 0 Å². The molecule has 1 fully saturated rings. The Morgan fingerprint density at radius 2 is 1.97 bits per heavy atom. The summed E-state index contributed by atoms with van der Waals surface area (Å²) in [5.41, 5.74) is 4.12. The van der Waals surface area contributed by atoms with Crippen molar-refractivity contribution in [2.75, 3.05) is 6.61 Å². The third kappa shape index (κ3) is 4.21. The highest BCUT2D eigenvalue weighted by Gasteiger charge is 2.45. The predicted octanol–water partition coefficient (Wildman–Crippen LogP) is 5.47. The lowest BCUT2D eigenvalue weighted by Gasteiger charge is -2.27. The van der Waals surface area contributed by atoms with E-state index in [1.54, 1.807) is 24.7 Å². The molecule has 0 radical (unpaired) electrons. The second-order valence-electron chi connectivity index (χ2n) is 8.76. The molecule has 0 spiro atoms. The molecule has 0 saturated heterocycles. The molecular weight excluding hydrogens is 432 g/mol. The Bertz CT molecular complexity index is 1250. The van der Waals surface area contributed by atoms with Gasteiger partial charge in [0.15, 0.2) is 6.61 Å². The quantitative estimate of drug-likeness (QED) is 0.473. The number of benzene rings is 1. The van der Waals surface area contributed by atoms with Crippen LogP contribution in [0, 0.1) is 19.8 Å². The molecule has 0 N–H and O–H groups in total. The number of carbonyl (C=O) groups excluding carboxylic acids is 2. The first-order chi connectivity index (χ1) is 16.5. The average molecular weight is 459 g/mol. The number of hydrogen-bond donors (Lipinski definition) is 0. The van der Waals surface area contributed by atoms with Crippen LogP contribution in [0.2, 0.25) is 0 Å². The molecule has 1 aliphatic heterocycles. The van der Waals surface area contributed by atoms with Crippen LogP contribution >= 0.6 is 0 Å². The van der Waals surface area contributed by atoms with Crippen LogP contribution in [0.15, 0.2) is 74.5 Å². The maximum atomic E-state index is 13.3. The van der Waals surface area contributed by atoms with Crippen LogP contribution in [-0.2, 0) is 9.53 Å². The SMILES string of the molecule is Cc1ccc(C)c(C(=O)OCC(=O)N2N=C3C(=Cc4ccco4)CCCC3C2c2ccco2)c1. The molecule has 174 valence electrons. The zero-order chi connectivity index (χ0) is 23.7. The summed E-state index contributed by atoms with van der Waals surface area (Å²) in [6.07, 6.45) is 7.92. The monoisotopic (exact) mass is 458 g/mol. The van der Waals surface area contributed by atoms with Gasteiger partial charge in [0.05, 0.1) is 23.8 Å². The Hall–Kier alpha value is -3.87. The molecule has 2 aliphatic rings. The number of fused-ring (bicyclic) bond motifs is 1. The molecule has 7 nitrogen and oxygen atoms in total. The number of esters is 1. The molecule has 34 heavy (non-hydrogen) atoms. The highest BCUT2D eigenvalue weighted by molar-refractivity contribution is 6.08. The number of amides is 1. The van der Waals surface area contributed by atoms with Gasteiger partial charge in [0, 0.05) is 5.92 Å². The second kappa shape index (κ2) is 9.17. The van der Waals surface area contributed by atoms with Gasteiger partial charge in [0.25, 0.3) is 5.91 Å². The first-order valence-electron chi connectivity index (χ1n) is 11.4. The van der Waals surface area contributed by atoms with E-state index < -0.39 is 12.6 Å². The van der Waals surface area contributed by atoms with Crippen LogP contribution in [0.1, 0.15) is 58.3 Å². The van der Waals surface area contributed by atoms with Crippen molar-refractivity contribution >= 4 is 23.7 Å². The maximum Gasteiger partial charge on any atom is 0.338 e. The molecule has 0 bridgehead atoms. The Balaban J connectivity index is 1.40. The van der Waals surface area contributed by atoms with E-state index in [0.717, 1.165) is 47.4 Å². The fraction of sp³-hybridized carbons (Fsp3) is 0.296. The average Bonchev–Trinajstić information content (AvgIpc) is 3.59. The van der Waals surface area contributed by atoms with Crippen molar-refractivity contribution in [1.29, 1.82) is 0 Å². The number of hydrazone groups is 1. The van der Waals surface area contributed by atoms with Gasteiger partial charge in [0.1, 0.15) is 17.6 Å². The van der Waals surface area contributed by atoms with Crippen molar-refractivity contribution in [2.45, 2.75) is 39.2 Å². The molecule has 2 aromatic heterocycles. The maximum absolute atomic E-state index is 13.3. The molecule has 1 aromatic carbocycles. The van der Waals surface area contributed by atoms with Gasteiger partial charge in [0.2, 0.25) is 0 Å². The summed E-state index contributed by atoms with van der Waals surface area (Å²) in [6.45, 7) is 3.35. The number of allylic oxidation sites excluding steroid dienone is 1.